The molecule has 0 aliphatic rings. The van der Waals surface area contributed by atoms with Crippen LogP contribution < -0.4 is 5.32 Å². The number of rotatable bonds is 14. The van der Waals surface area contributed by atoms with Crippen molar-refractivity contribution in [2.24, 2.45) is 0 Å². The molecule has 0 aromatic rings. The van der Waals surface area contributed by atoms with Gasteiger partial charge in [-0.25, -0.2) is 0 Å². The van der Waals surface area contributed by atoms with E-state index in [0.717, 1.165) is 25.9 Å². The molecular formula is C17H37NO. The monoisotopic (exact) mass is 271 g/mol. The lowest BCUT2D eigenvalue weighted by Crippen LogP contribution is -2.30. The normalized spacial score (nSPS) is 14.5. The molecule has 116 valence electrons. The Kier molecular flexibility index (Phi) is 12.9. The molecule has 2 nitrogen and oxygen atoms in total. The van der Waals surface area contributed by atoms with Crippen molar-refractivity contribution in [1.29, 1.82) is 0 Å². The molecule has 1 unspecified atom stereocenters. The van der Waals surface area contributed by atoms with Crippen LogP contribution in [0.2, 0.25) is 0 Å². The lowest BCUT2D eigenvalue weighted by molar-refractivity contribution is 0.0396. The van der Waals surface area contributed by atoms with Gasteiger partial charge in [0.15, 0.2) is 0 Å². The van der Waals surface area contributed by atoms with Crippen molar-refractivity contribution < 1.29 is 5.11 Å². The topological polar surface area (TPSA) is 32.3 Å². The van der Waals surface area contributed by atoms with Crippen LogP contribution in [0.3, 0.4) is 0 Å². The Morgan fingerprint density at radius 1 is 0.737 bits per heavy atom. The van der Waals surface area contributed by atoms with Crippen molar-refractivity contribution in [1.82, 2.24) is 5.32 Å². The van der Waals surface area contributed by atoms with E-state index < -0.39 is 5.60 Å². The highest BCUT2D eigenvalue weighted by molar-refractivity contribution is 4.73. The average molecular weight is 271 g/mol. The van der Waals surface area contributed by atoms with Gasteiger partial charge in [0.05, 0.1) is 5.60 Å². The van der Waals surface area contributed by atoms with Gasteiger partial charge in [0.25, 0.3) is 0 Å². The first-order valence-corrected chi connectivity index (χ1v) is 8.55. The van der Waals surface area contributed by atoms with Crippen LogP contribution in [0, 0.1) is 0 Å². The summed E-state index contributed by atoms with van der Waals surface area (Å²) in [5.41, 5.74) is -0.469. The van der Waals surface area contributed by atoms with Crippen LogP contribution in [0.1, 0.15) is 91.4 Å². The van der Waals surface area contributed by atoms with Crippen molar-refractivity contribution >= 4 is 0 Å². The van der Waals surface area contributed by atoms with E-state index in [1.807, 2.05) is 6.92 Å². The van der Waals surface area contributed by atoms with Gasteiger partial charge in [-0.2, -0.15) is 0 Å². The Balaban J connectivity index is 3.32. The summed E-state index contributed by atoms with van der Waals surface area (Å²) in [6.45, 7) is 8.43. The van der Waals surface area contributed by atoms with Crippen molar-refractivity contribution in [3.63, 3.8) is 0 Å². The van der Waals surface area contributed by atoms with E-state index in [-0.39, 0.29) is 0 Å². The molecule has 0 saturated heterocycles. The summed E-state index contributed by atoms with van der Waals surface area (Å²) in [7, 11) is 0. The van der Waals surface area contributed by atoms with E-state index in [1.165, 1.54) is 57.8 Å². The summed E-state index contributed by atoms with van der Waals surface area (Å²) in [5, 5.41) is 13.6. The molecule has 0 heterocycles. The number of hydrogen-bond donors (Lipinski definition) is 2. The number of aliphatic hydroxyl groups is 1. The van der Waals surface area contributed by atoms with Crippen LogP contribution in [-0.2, 0) is 0 Å². The molecule has 0 aromatic carbocycles. The van der Waals surface area contributed by atoms with Gasteiger partial charge in [0.1, 0.15) is 0 Å². The number of unbranched alkanes of at least 4 members (excludes halogenated alkanes) is 7. The molecule has 0 aliphatic heterocycles. The number of hydrogen-bond acceptors (Lipinski definition) is 2. The number of nitrogens with one attached hydrogen (secondary N) is 1. The zero-order valence-electron chi connectivity index (χ0n) is 13.6. The second-order valence-electron chi connectivity index (χ2n) is 6.22. The molecule has 0 fully saturated rings. The van der Waals surface area contributed by atoms with E-state index in [0.29, 0.717) is 0 Å². The largest absolute Gasteiger partial charge is 0.390 e. The molecule has 2 N–H and O–H groups in total. The fraction of sp³-hybridized carbons (Fsp3) is 1.00. The second-order valence-corrected chi connectivity index (χ2v) is 6.22. The predicted octanol–water partition coefficient (Wildman–Crippen LogP) is 4.66. The first kappa shape index (κ1) is 18.9. The van der Waals surface area contributed by atoms with Gasteiger partial charge in [-0.1, -0.05) is 65.2 Å². The van der Waals surface area contributed by atoms with Gasteiger partial charge in [-0.3, -0.25) is 0 Å². The molecule has 1 atom stereocenters. The summed E-state index contributed by atoms with van der Waals surface area (Å²) in [5.74, 6) is 0. The highest BCUT2D eigenvalue weighted by atomic mass is 16.3. The average Bonchev–Trinajstić information content (AvgIpc) is 2.38. The van der Waals surface area contributed by atoms with Gasteiger partial charge < -0.3 is 10.4 Å². The van der Waals surface area contributed by atoms with Crippen LogP contribution in [0.5, 0.6) is 0 Å². The van der Waals surface area contributed by atoms with Crippen LogP contribution >= 0.6 is 0 Å². The zero-order chi connectivity index (χ0) is 14.4. The molecule has 0 rings (SSSR count). The predicted molar refractivity (Wildman–Crippen MR) is 85.6 cm³/mol. The summed E-state index contributed by atoms with van der Waals surface area (Å²) in [6.07, 6.45) is 13.7. The smallest absolute Gasteiger partial charge is 0.0631 e. The Morgan fingerprint density at radius 2 is 1.32 bits per heavy atom. The van der Waals surface area contributed by atoms with Crippen molar-refractivity contribution in [2.75, 3.05) is 13.1 Å². The maximum Gasteiger partial charge on any atom is 0.0631 e. The maximum atomic E-state index is 10.2. The highest BCUT2D eigenvalue weighted by Crippen LogP contribution is 2.19. The lowest BCUT2D eigenvalue weighted by Gasteiger charge is -2.23. The standard InChI is InChI=1S/C17H37NO/c1-4-6-7-8-9-10-11-12-13-17(3,19)14-16-18-15-5-2/h18-19H,4-16H2,1-3H3. The molecule has 0 bridgehead atoms. The SMILES string of the molecule is CCCCCCCCCCC(C)(O)CCNCCC. The third-order valence-corrected chi connectivity index (χ3v) is 3.84. The molecule has 0 radical (unpaired) electrons. The van der Waals surface area contributed by atoms with Crippen LogP contribution in [-0.4, -0.2) is 23.8 Å². The van der Waals surface area contributed by atoms with Gasteiger partial charge in [-0.15, -0.1) is 0 Å². The zero-order valence-corrected chi connectivity index (χ0v) is 13.6. The van der Waals surface area contributed by atoms with E-state index in [9.17, 15) is 5.11 Å². The molecule has 0 aliphatic carbocycles. The first-order chi connectivity index (χ1) is 9.12. The van der Waals surface area contributed by atoms with Gasteiger partial charge in [0, 0.05) is 0 Å². The fourth-order valence-corrected chi connectivity index (χ4v) is 2.42. The van der Waals surface area contributed by atoms with Crippen molar-refractivity contribution in [3.8, 4) is 0 Å². The minimum atomic E-state index is -0.469. The minimum Gasteiger partial charge on any atom is -0.390 e. The van der Waals surface area contributed by atoms with Crippen molar-refractivity contribution in [2.45, 2.75) is 97.0 Å². The summed E-state index contributed by atoms with van der Waals surface area (Å²) in [4.78, 5) is 0. The third-order valence-electron chi connectivity index (χ3n) is 3.84. The molecule has 0 spiro atoms. The molecular weight excluding hydrogens is 234 g/mol. The van der Waals surface area contributed by atoms with Gasteiger partial charge >= 0.3 is 0 Å². The molecule has 19 heavy (non-hydrogen) atoms. The van der Waals surface area contributed by atoms with E-state index in [4.69, 9.17) is 0 Å². The quantitative estimate of drug-likeness (QED) is 0.450. The molecule has 2 heteroatoms. The van der Waals surface area contributed by atoms with Crippen molar-refractivity contribution in [3.05, 3.63) is 0 Å². The molecule has 0 saturated carbocycles. The van der Waals surface area contributed by atoms with E-state index in [2.05, 4.69) is 19.2 Å². The van der Waals surface area contributed by atoms with Crippen LogP contribution in [0.15, 0.2) is 0 Å². The second kappa shape index (κ2) is 12.9. The Labute approximate surface area is 121 Å². The van der Waals surface area contributed by atoms with Crippen LogP contribution in [0.4, 0.5) is 0 Å². The summed E-state index contributed by atoms with van der Waals surface area (Å²) in [6, 6.07) is 0. The van der Waals surface area contributed by atoms with Crippen LogP contribution in [0.25, 0.3) is 0 Å². The lowest BCUT2D eigenvalue weighted by atomic mass is 9.94. The Morgan fingerprint density at radius 3 is 1.89 bits per heavy atom. The minimum absolute atomic E-state index is 0.469. The van der Waals surface area contributed by atoms with E-state index >= 15 is 0 Å². The fourth-order valence-electron chi connectivity index (χ4n) is 2.42. The Bertz CT molecular complexity index is 180. The van der Waals surface area contributed by atoms with Gasteiger partial charge in [0.2, 0.25) is 0 Å². The maximum absolute atomic E-state index is 10.2. The third kappa shape index (κ3) is 14.1. The highest BCUT2D eigenvalue weighted by Gasteiger charge is 2.18. The van der Waals surface area contributed by atoms with E-state index in [1.54, 1.807) is 0 Å². The summed E-state index contributed by atoms with van der Waals surface area (Å²) >= 11 is 0. The molecule has 0 amide bonds. The molecule has 0 aromatic heterocycles. The first-order valence-electron chi connectivity index (χ1n) is 8.55. The Hall–Kier alpha value is -0.0800. The summed E-state index contributed by atoms with van der Waals surface area (Å²) < 4.78 is 0. The van der Waals surface area contributed by atoms with Gasteiger partial charge in [-0.05, 0) is 39.3 Å².